The molecule has 0 aliphatic rings. The Hall–Kier alpha value is -1.77. The number of carbonyl (C=O) groups is 1. The third kappa shape index (κ3) is 1.86. The van der Waals surface area contributed by atoms with E-state index in [-0.39, 0.29) is 11.8 Å². The van der Waals surface area contributed by atoms with Gasteiger partial charge in [0.1, 0.15) is 0 Å². The minimum atomic E-state index is -0.00818. The van der Waals surface area contributed by atoms with Crippen molar-refractivity contribution in [1.82, 2.24) is 4.68 Å². The van der Waals surface area contributed by atoms with Crippen LogP contribution < -0.4 is 5.43 Å². The first-order chi connectivity index (χ1) is 7.18. The van der Waals surface area contributed by atoms with Crippen LogP contribution in [0.3, 0.4) is 0 Å². The molecule has 2 rings (SSSR count). The first kappa shape index (κ1) is 9.77. The molecule has 0 spiro atoms. The molecular weight excluding hydrogens is 188 g/mol. The van der Waals surface area contributed by atoms with Crippen LogP contribution in [-0.2, 0) is 4.79 Å². The second-order valence-electron chi connectivity index (χ2n) is 3.88. The molecule has 0 aliphatic carbocycles. The van der Waals surface area contributed by atoms with Crippen molar-refractivity contribution in [1.29, 1.82) is 0 Å². The molecule has 1 aromatic heterocycles. The van der Waals surface area contributed by atoms with Gasteiger partial charge in [0.25, 0.3) is 0 Å². The number of para-hydroxylation sites is 1. The Bertz CT molecular complexity index is 485. The van der Waals surface area contributed by atoms with E-state index in [4.69, 9.17) is 0 Å². The molecule has 1 aromatic carbocycles. The first-order valence-electron chi connectivity index (χ1n) is 5.05. The van der Waals surface area contributed by atoms with Crippen LogP contribution in [0, 0.1) is 5.92 Å². The fourth-order valence-electron chi connectivity index (χ4n) is 1.43. The summed E-state index contributed by atoms with van der Waals surface area (Å²) in [5, 5.41) is 1.13. The van der Waals surface area contributed by atoms with Gasteiger partial charge in [-0.05, 0) is 12.1 Å². The molecule has 0 atom stereocenters. The minimum absolute atomic E-state index is 0.00818. The molecule has 0 radical (unpaired) electrons. The van der Waals surface area contributed by atoms with Gasteiger partial charge in [-0.25, -0.2) is 0 Å². The lowest BCUT2D eigenvalue weighted by Crippen LogP contribution is -2.25. The summed E-state index contributed by atoms with van der Waals surface area (Å²) in [6, 6.07) is 9.93. The number of benzene rings is 1. The van der Waals surface area contributed by atoms with Crippen molar-refractivity contribution in [3.05, 3.63) is 36.5 Å². The van der Waals surface area contributed by atoms with E-state index >= 15 is 0 Å². The van der Waals surface area contributed by atoms with E-state index in [2.05, 4.69) is 5.43 Å². The van der Waals surface area contributed by atoms with Gasteiger partial charge in [0.15, 0.2) is 0 Å². The Balaban J connectivity index is 2.33. The Morgan fingerprint density at radius 1 is 1.27 bits per heavy atom. The SMILES string of the molecule is CC(C)C(=O)Nn1ccc2ccccc21. The molecule has 0 unspecified atom stereocenters. The van der Waals surface area contributed by atoms with Crippen LogP contribution in [0.5, 0.6) is 0 Å². The molecule has 78 valence electrons. The van der Waals surface area contributed by atoms with Gasteiger partial charge >= 0.3 is 0 Å². The van der Waals surface area contributed by atoms with E-state index in [1.807, 2.05) is 50.4 Å². The number of fused-ring (bicyclic) bond motifs is 1. The average molecular weight is 202 g/mol. The molecule has 15 heavy (non-hydrogen) atoms. The Morgan fingerprint density at radius 2 is 2.00 bits per heavy atom. The van der Waals surface area contributed by atoms with E-state index in [9.17, 15) is 4.79 Å². The largest absolute Gasteiger partial charge is 0.273 e. The molecule has 1 heterocycles. The number of carbonyl (C=O) groups excluding carboxylic acids is 1. The van der Waals surface area contributed by atoms with E-state index in [0.29, 0.717) is 0 Å². The Kier molecular flexibility index (Phi) is 2.46. The second kappa shape index (κ2) is 3.77. The average Bonchev–Trinajstić information content (AvgIpc) is 2.62. The Labute approximate surface area is 88.7 Å². The number of nitrogens with zero attached hydrogens (tertiary/aromatic N) is 1. The summed E-state index contributed by atoms with van der Waals surface area (Å²) in [5.41, 5.74) is 3.86. The fraction of sp³-hybridized carbons (Fsp3) is 0.250. The molecule has 3 heteroatoms. The third-order valence-corrected chi connectivity index (χ3v) is 2.35. The van der Waals surface area contributed by atoms with Gasteiger partial charge in [-0.3, -0.25) is 14.9 Å². The summed E-state index contributed by atoms with van der Waals surface area (Å²) < 4.78 is 1.76. The standard InChI is InChI=1S/C12H14N2O/c1-9(2)12(15)13-14-8-7-10-5-3-4-6-11(10)14/h3-9H,1-2H3,(H,13,15). The summed E-state index contributed by atoms with van der Waals surface area (Å²) in [4.78, 5) is 11.5. The van der Waals surface area contributed by atoms with Crippen LogP contribution in [0.2, 0.25) is 0 Å². The van der Waals surface area contributed by atoms with Crippen molar-refractivity contribution in [2.24, 2.45) is 5.92 Å². The summed E-state index contributed by atoms with van der Waals surface area (Å²) in [6.45, 7) is 3.75. The van der Waals surface area contributed by atoms with Gasteiger partial charge in [0.2, 0.25) is 5.91 Å². The van der Waals surface area contributed by atoms with Crippen LogP contribution in [0.15, 0.2) is 36.5 Å². The zero-order valence-electron chi connectivity index (χ0n) is 8.90. The van der Waals surface area contributed by atoms with Crippen molar-refractivity contribution >= 4 is 16.8 Å². The number of aromatic nitrogens is 1. The monoisotopic (exact) mass is 202 g/mol. The number of amides is 1. The quantitative estimate of drug-likeness (QED) is 0.797. The lowest BCUT2D eigenvalue weighted by molar-refractivity contribution is -0.119. The number of rotatable bonds is 2. The van der Waals surface area contributed by atoms with Gasteiger partial charge < -0.3 is 0 Å². The summed E-state index contributed by atoms with van der Waals surface area (Å²) >= 11 is 0. The second-order valence-corrected chi connectivity index (χ2v) is 3.88. The smallest absolute Gasteiger partial charge is 0.241 e. The fourth-order valence-corrected chi connectivity index (χ4v) is 1.43. The maximum Gasteiger partial charge on any atom is 0.241 e. The van der Waals surface area contributed by atoms with Gasteiger partial charge in [-0.1, -0.05) is 32.0 Å². The number of nitrogens with one attached hydrogen (secondary N) is 1. The lowest BCUT2D eigenvalue weighted by Gasteiger charge is -2.09. The Morgan fingerprint density at radius 3 is 2.73 bits per heavy atom. The number of hydrogen-bond acceptors (Lipinski definition) is 1. The van der Waals surface area contributed by atoms with Crippen LogP contribution >= 0.6 is 0 Å². The minimum Gasteiger partial charge on any atom is -0.273 e. The topological polar surface area (TPSA) is 34.0 Å². The predicted molar refractivity (Wildman–Crippen MR) is 61.1 cm³/mol. The van der Waals surface area contributed by atoms with Crippen molar-refractivity contribution in [3.8, 4) is 0 Å². The van der Waals surface area contributed by atoms with Crippen LogP contribution in [0.1, 0.15) is 13.8 Å². The predicted octanol–water partition coefficient (Wildman–Crippen LogP) is 2.37. The van der Waals surface area contributed by atoms with Gasteiger partial charge in [0, 0.05) is 17.5 Å². The third-order valence-electron chi connectivity index (χ3n) is 2.35. The van der Waals surface area contributed by atoms with Crippen molar-refractivity contribution < 1.29 is 4.79 Å². The molecule has 1 N–H and O–H groups in total. The molecule has 0 bridgehead atoms. The van der Waals surface area contributed by atoms with Gasteiger partial charge in [0.05, 0.1) is 5.52 Å². The highest BCUT2D eigenvalue weighted by Gasteiger charge is 2.07. The molecule has 0 saturated heterocycles. The van der Waals surface area contributed by atoms with Crippen LogP contribution in [0.25, 0.3) is 10.9 Å². The molecule has 0 aliphatic heterocycles. The van der Waals surface area contributed by atoms with Gasteiger partial charge in [-0.15, -0.1) is 0 Å². The summed E-state index contributed by atoms with van der Waals surface area (Å²) in [7, 11) is 0. The van der Waals surface area contributed by atoms with Crippen molar-refractivity contribution in [2.45, 2.75) is 13.8 Å². The molecule has 2 aromatic rings. The highest BCUT2D eigenvalue weighted by Crippen LogP contribution is 2.13. The van der Waals surface area contributed by atoms with Crippen molar-refractivity contribution in [3.63, 3.8) is 0 Å². The maximum atomic E-state index is 11.5. The zero-order valence-corrected chi connectivity index (χ0v) is 8.90. The lowest BCUT2D eigenvalue weighted by atomic mass is 10.2. The molecule has 1 amide bonds. The number of hydrogen-bond donors (Lipinski definition) is 1. The van der Waals surface area contributed by atoms with E-state index in [1.54, 1.807) is 4.68 Å². The maximum absolute atomic E-state index is 11.5. The van der Waals surface area contributed by atoms with E-state index in [1.165, 1.54) is 0 Å². The highest BCUT2D eigenvalue weighted by atomic mass is 16.2. The first-order valence-corrected chi connectivity index (χ1v) is 5.05. The highest BCUT2D eigenvalue weighted by molar-refractivity contribution is 5.88. The van der Waals surface area contributed by atoms with E-state index < -0.39 is 0 Å². The molecule has 3 nitrogen and oxygen atoms in total. The van der Waals surface area contributed by atoms with E-state index in [0.717, 1.165) is 10.9 Å². The van der Waals surface area contributed by atoms with Crippen LogP contribution in [-0.4, -0.2) is 10.6 Å². The molecule has 0 fully saturated rings. The molecule has 0 saturated carbocycles. The summed E-state index contributed by atoms with van der Waals surface area (Å²) in [6.07, 6.45) is 1.87. The van der Waals surface area contributed by atoms with Gasteiger partial charge in [-0.2, -0.15) is 0 Å². The zero-order chi connectivity index (χ0) is 10.8. The van der Waals surface area contributed by atoms with Crippen molar-refractivity contribution in [2.75, 3.05) is 5.43 Å². The summed E-state index contributed by atoms with van der Waals surface area (Å²) in [5.74, 6) is 0.0162. The normalized spacial score (nSPS) is 10.9. The van der Waals surface area contributed by atoms with Crippen LogP contribution in [0.4, 0.5) is 0 Å². The molecular formula is C12H14N2O.